The summed E-state index contributed by atoms with van der Waals surface area (Å²) in [6.45, 7) is 2.58. The number of aryl methyl sites for hydroxylation is 1. The van der Waals surface area contributed by atoms with Crippen LogP contribution in [0.1, 0.15) is 11.1 Å². The van der Waals surface area contributed by atoms with Crippen molar-refractivity contribution in [2.24, 2.45) is 5.73 Å². The number of amides is 1. The Kier molecular flexibility index (Phi) is 4.31. The molecule has 0 spiro atoms. The first-order valence-corrected chi connectivity index (χ1v) is 6.31. The first-order chi connectivity index (χ1) is 9.20. The molecule has 0 bridgehead atoms. The predicted molar refractivity (Wildman–Crippen MR) is 77.9 cm³/mol. The van der Waals surface area contributed by atoms with Gasteiger partial charge in [0.2, 0.25) is 5.91 Å². The van der Waals surface area contributed by atoms with Crippen molar-refractivity contribution in [3.05, 3.63) is 65.7 Å². The molecule has 0 fully saturated rings. The second-order valence-electron chi connectivity index (χ2n) is 4.51. The standard InChI is InChI=1S/C16H18N2O/c1-13-7-9-15(10-8-13)18(16(19)11-17)12-14-5-3-2-4-6-14/h2-10H,11-12,17H2,1H3. The van der Waals surface area contributed by atoms with Crippen LogP contribution in [0.15, 0.2) is 54.6 Å². The van der Waals surface area contributed by atoms with Crippen LogP contribution in [-0.2, 0) is 11.3 Å². The fourth-order valence-corrected chi connectivity index (χ4v) is 1.92. The Morgan fingerprint density at radius 2 is 1.68 bits per heavy atom. The Balaban J connectivity index is 2.26. The fourth-order valence-electron chi connectivity index (χ4n) is 1.92. The lowest BCUT2D eigenvalue weighted by molar-refractivity contribution is -0.117. The molecule has 2 N–H and O–H groups in total. The Bertz CT molecular complexity index is 534. The van der Waals surface area contributed by atoms with Gasteiger partial charge in [0.25, 0.3) is 0 Å². The van der Waals surface area contributed by atoms with Crippen LogP contribution in [0.25, 0.3) is 0 Å². The van der Waals surface area contributed by atoms with Gasteiger partial charge in [-0.15, -0.1) is 0 Å². The van der Waals surface area contributed by atoms with Gasteiger partial charge in [0.05, 0.1) is 13.1 Å². The number of carbonyl (C=O) groups excluding carboxylic acids is 1. The lowest BCUT2D eigenvalue weighted by atomic mass is 10.1. The van der Waals surface area contributed by atoms with E-state index in [4.69, 9.17) is 5.73 Å². The molecule has 19 heavy (non-hydrogen) atoms. The minimum absolute atomic E-state index is 0.0146. The van der Waals surface area contributed by atoms with Crippen LogP contribution in [0.2, 0.25) is 0 Å². The first kappa shape index (κ1) is 13.3. The highest BCUT2D eigenvalue weighted by molar-refractivity contribution is 5.94. The second-order valence-corrected chi connectivity index (χ2v) is 4.51. The summed E-state index contributed by atoms with van der Waals surface area (Å²) in [5.74, 6) is -0.0762. The van der Waals surface area contributed by atoms with Crippen molar-refractivity contribution >= 4 is 11.6 Å². The molecule has 0 aliphatic rings. The summed E-state index contributed by atoms with van der Waals surface area (Å²) in [4.78, 5) is 13.7. The molecule has 0 heterocycles. The average Bonchev–Trinajstić information content (AvgIpc) is 2.46. The summed E-state index contributed by atoms with van der Waals surface area (Å²) in [5, 5.41) is 0. The minimum Gasteiger partial charge on any atom is -0.322 e. The third-order valence-electron chi connectivity index (χ3n) is 3.00. The van der Waals surface area contributed by atoms with Crippen LogP contribution in [0.5, 0.6) is 0 Å². The average molecular weight is 254 g/mol. The maximum absolute atomic E-state index is 12.0. The highest BCUT2D eigenvalue weighted by Gasteiger charge is 2.14. The summed E-state index contributed by atoms with van der Waals surface area (Å²) in [7, 11) is 0. The second kappa shape index (κ2) is 6.16. The summed E-state index contributed by atoms with van der Waals surface area (Å²) in [6, 6.07) is 17.8. The van der Waals surface area contributed by atoms with Crippen molar-refractivity contribution in [1.29, 1.82) is 0 Å². The lowest BCUT2D eigenvalue weighted by Gasteiger charge is -2.22. The van der Waals surface area contributed by atoms with Gasteiger partial charge in [-0.05, 0) is 24.6 Å². The van der Waals surface area contributed by atoms with E-state index in [-0.39, 0.29) is 12.5 Å². The normalized spacial score (nSPS) is 10.2. The fraction of sp³-hybridized carbons (Fsp3) is 0.188. The highest BCUT2D eigenvalue weighted by atomic mass is 16.2. The van der Waals surface area contributed by atoms with Crippen molar-refractivity contribution in [2.75, 3.05) is 11.4 Å². The Labute approximate surface area is 113 Å². The molecule has 2 aromatic carbocycles. The topological polar surface area (TPSA) is 46.3 Å². The number of nitrogens with two attached hydrogens (primary N) is 1. The summed E-state index contributed by atoms with van der Waals surface area (Å²) in [5.41, 5.74) is 8.64. The zero-order chi connectivity index (χ0) is 13.7. The maximum atomic E-state index is 12.0. The number of nitrogens with zero attached hydrogens (tertiary/aromatic N) is 1. The monoisotopic (exact) mass is 254 g/mol. The van der Waals surface area contributed by atoms with Gasteiger partial charge in [-0.2, -0.15) is 0 Å². The molecule has 2 aromatic rings. The van der Waals surface area contributed by atoms with Gasteiger partial charge >= 0.3 is 0 Å². The third-order valence-corrected chi connectivity index (χ3v) is 3.00. The molecule has 0 saturated heterocycles. The van der Waals surface area contributed by atoms with E-state index in [1.807, 2.05) is 61.5 Å². The zero-order valence-corrected chi connectivity index (χ0v) is 11.0. The van der Waals surface area contributed by atoms with Crippen LogP contribution >= 0.6 is 0 Å². The number of anilines is 1. The number of rotatable bonds is 4. The van der Waals surface area contributed by atoms with E-state index < -0.39 is 0 Å². The molecule has 1 amide bonds. The Morgan fingerprint density at radius 3 is 2.26 bits per heavy atom. The molecular formula is C16H18N2O. The SMILES string of the molecule is Cc1ccc(N(Cc2ccccc2)C(=O)CN)cc1. The molecule has 2 rings (SSSR count). The van der Waals surface area contributed by atoms with Crippen molar-refractivity contribution in [3.63, 3.8) is 0 Å². The predicted octanol–water partition coefficient (Wildman–Crippen LogP) is 2.49. The van der Waals surface area contributed by atoms with Crippen LogP contribution in [0.4, 0.5) is 5.69 Å². The minimum atomic E-state index is -0.0762. The quantitative estimate of drug-likeness (QED) is 0.911. The molecule has 0 aliphatic heterocycles. The van der Waals surface area contributed by atoms with Gasteiger partial charge in [-0.25, -0.2) is 0 Å². The van der Waals surface area contributed by atoms with Gasteiger partial charge in [0.1, 0.15) is 0 Å². The Hall–Kier alpha value is -2.13. The lowest BCUT2D eigenvalue weighted by Crippen LogP contribution is -2.35. The summed E-state index contributed by atoms with van der Waals surface area (Å²) in [6.07, 6.45) is 0. The number of hydrogen-bond acceptors (Lipinski definition) is 2. The summed E-state index contributed by atoms with van der Waals surface area (Å²) < 4.78 is 0. The molecule has 0 atom stereocenters. The van der Waals surface area contributed by atoms with E-state index in [1.165, 1.54) is 5.56 Å². The van der Waals surface area contributed by atoms with E-state index >= 15 is 0 Å². The molecule has 0 aromatic heterocycles. The molecule has 0 saturated carbocycles. The van der Waals surface area contributed by atoms with E-state index in [1.54, 1.807) is 4.90 Å². The van der Waals surface area contributed by atoms with Crippen LogP contribution in [-0.4, -0.2) is 12.5 Å². The van der Waals surface area contributed by atoms with Crippen LogP contribution < -0.4 is 10.6 Å². The Morgan fingerprint density at radius 1 is 1.05 bits per heavy atom. The molecule has 98 valence electrons. The van der Waals surface area contributed by atoms with Gasteiger partial charge < -0.3 is 10.6 Å². The third kappa shape index (κ3) is 3.42. The van der Waals surface area contributed by atoms with Crippen LogP contribution in [0, 0.1) is 6.92 Å². The molecule has 3 heteroatoms. The van der Waals surface area contributed by atoms with Crippen molar-refractivity contribution in [1.82, 2.24) is 0 Å². The van der Waals surface area contributed by atoms with Crippen molar-refractivity contribution in [3.8, 4) is 0 Å². The maximum Gasteiger partial charge on any atom is 0.241 e. The van der Waals surface area contributed by atoms with E-state index in [0.717, 1.165) is 11.3 Å². The molecule has 0 radical (unpaired) electrons. The first-order valence-electron chi connectivity index (χ1n) is 6.31. The van der Waals surface area contributed by atoms with E-state index in [2.05, 4.69) is 0 Å². The smallest absolute Gasteiger partial charge is 0.241 e. The molecular weight excluding hydrogens is 236 g/mol. The van der Waals surface area contributed by atoms with Gasteiger partial charge in [0.15, 0.2) is 0 Å². The van der Waals surface area contributed by atoms with Crippen molar-refractivity contribution in [2.45, 2.75) is 13.5 Å². The summed E-state index contributed by atoms with van der Waals surface area (Å²) >= 11 is 0. The zero-order valence-electron chi connectivity index (χ0n) is 11.0. The highest BCUT2D eigenvalue weighted by Crippen LogP contribution is 2.18. The van der Waals surface area contributed by atoms with E-state index in [0.29, 0.717) is 6.54 Å². The number of hydrogen-bond donors (Lipinski definition) is 1. The van der Waals surface area contributed by atoms with Crippen molar-refractivity contribution < 1.29 is 4.79 Å². The molecule has 0 aliphatic carbocycles. The molecule has 3 nitrogen and oxygen atoms in total. The number of carbonyl (C=O) groups is 1. The van der Waals surface area contributed by atoms with Gasteiger partial charge in [-0.3, -0.25) is 4.79 Å². The van der Waals surface area contributed by atoms with Gasteiger partial charge in [-0.1, -0.05) is 48.0 Å². The van der Waals surface area contributed by atoms with Gasteiger partial charge in [0, 0.05) is 5.69 Å². The number of benzene rings is 2. The largest absolute Gasteiger partial charge is 0.322 e. The van der Waals surface area contributed by atoms with E-state index in [9.17, 15) is 4.79 Å². The molecule has 0 unspecified atom stereocenters. The van der Waals surface area contributed by atoms with Crippen LogP contribution in [0.3, 0.4) is 0 Å².